The fourth-order valence-corrected chi connectivity index (χ4v) is 4.44. The molecule has 4 atom stereocenters. The summed E-state index contributed by atoms with van der Waals surface area (Å²) in [6.45, 7) is 6.05. The molecular formula is C17H21ClF2O2. The van der Waals surface area contributed by atoms with Crippen LogP contribution in [0.4, 0.5) is 8.78 Å². The van der Waals surface area contributed by atoms with Crippen molar-refractivity contribution in [2.75, 3.05) is 0 Å². The number of hydrogen-bond donors (Lipinski definition) is 0. The first-order chi connectivity index (χ1) is 10.3. The lowest BCUT2D eigenvalue weighted by Crippen LogP contribution is -2.45. The summed E-state index contributed by atoms with van der Waals surface area (Å²) in [5.74, 6) is -0.901. The van der Waals surface area contributed by atoms with Gasteiger partial charge in [-0.15, -0.1) is 11.6 Å². The third-order valence-corrected chi connectivity index (χ3v) is 5.71. The molecule has 2 nitrogen and oxygen atoms in total. The highest BCUT2D eigenvalue weighted by molar-refractivity contribution is 6.21. The van der Waals surface area contributed by atoms with Crippen LogP contribution in [0.1, 0.15) is 39.2 Å². The molecule has 5 heteroatoms. The van der Waals surface area contributed by atoms with Crippen molar-refractivity contribution in [3.63, 3.8) is 0 Å². The van der Waals surface area contributed by atoms with Crippen LogP contribution in [0.5, 0.6) is 0 Å². The second-order valence-corrected chi connectivity index (χ2v) is 7.43. The monoisotopic (exact) mass is 330 g/mol. The van der Waals surface area contributed by atoms with Gasteiger partial charge in [0.05, 0.1) is 29.3 Å². The fourth-order valence-electron chi connectivity index (χ4n) is 3.75. The van der Waals surface area contributed by atoms with Crippen LogP contribution in [0, 0.1) is 17.6 Å². The van der Waals surface area contributed by atoms with Crippen molar-refractivity contribution in [2.45, 2.75) is 62.9 Å². The van der Waals surface area contributed by atoms with Gasteiger partial charge in [0.1, 0.15) is 11.6 Å². The van der Waals surface area contributed by atoms with Crippen molar-refractivity contribution >= 4 is 11.6 Å². The summed E-state index contributed by atoms with van der Waals surface area (Å²) >= 11 is 6.48. The number of ether oxygens (including phenoxy) is 2. The zero-order chi connectivity index (χ0) is 16.1. The van der Waals surface area contributed by atoms with Crippen molar-refractivity contribution in [2.24, 2.45) is 5.92 Å². The van der Waals surface area contributed by atoms with Gasteiger partial charge in [-0.05, 0) is 31.4 Å². The van der Waals surface area contributed by atoms with Gasteiger partial charge in [-0.3, -0.25) is 0 Å². The molecule has 0 spiro atoms. The molecule has 122 valence electrons. The SMILES string of the molecule is CC(C)[C@]12C[C@@H](OCc3c(F)cccc3F)[C@](C)(C[C@@H]1Cl)O2. The second kappa shape index (κ2) is 5.43. The minimum atomic E-state index is -0.581. The summed E-state index contributed by atoms with van der Waals surface area (Å²) in [5, 5.41) is -0.0532. The van der Waals surface area contributed by atoms with E-state index < -0.39 is 22.8 Å². The van der Waals surface area contributed by atoms with Crippen molar-refractivity contribution in [1.29, 1.82) is 0 Å². The zero-order valence-electron chi connectivity index (χ0n) is 13.0. The third-order valence-electron chi connectivity index (χ3n) is 5.19. The summed E-state index contributed by atoms with van der Waals surface area (Å²) in [6.07, 6.45) is 1.15. The van der Waals surface area contributed by atoms with E-state index in [9.17, 15) is 8.78 Å². The van der Waals surface area contributed by atoms with Crippen molar-refractivity contribution in [3.05, 3.63) is 35.4 Å². The average Bonchev–Trinajstić information content (AvgIpc) is 2.86. The Morgan fingerprint density at radius 1 is 1.32 bits per heavy atom. The molecule has 2 bridgehead atoms. The van der Waals surface area contributed by atoms with Gasteiger partial charge in [0.25, 0.3) is 0 Å². The molecule has 2 aliphatic rings. The summed E-state index contributed by atoms with van der Waals surface area (Å²) in [7, 11) is 0. The van der Waals surface area contributed by atoms with Crippen molar-refractivity contribution < 1.29 is 18.3 Å². The molecule has 0 saturated carbocycles. The molecule has 2 saturated heterocycles. The van der Waals surface area contributed by atoms with Crippen LogP contribution in [-0.4, -0.2) is 22.7 Å². The van der Waals surface area contributed by atoms with Crippen LogP contribution < -0.4 is 0 Å². The predicted octanol–water partition coefficient (Wildman–Crippen LogP) is 4.43. The highest BCUT2D eigenvalue weighted by Gasteiger charge is 2.65. The Morgan fingerprint density at radius 2 is 1.95 bits per heavy atom. The normalized spacial score (nSPS) is 37.2. The molecule has 2 aliphatic heterocycles. The molecule has 3 rings (SSSR count). The van der Waals surface area contributed by atoms with Crippen LogP contribution in [0.25, 0.3) is 0 Å². The van der Waals surface area contributed by atoms with E-state index in [1.54, 1.807) is 0 Å². The average molecular weight is 331 g/mol. The number of fused-ring (bicyclic) bond motifs is 2. The molecule has 0 aliphatic carbocycles. The maximum atomic E-state index is 13.7. The standard InChI is InChI=1S/C17H21ClF2O2/c1-10(2)17-8-15(16(3,22-17)7-14(17)18)21-9-11-12(19)5-4-6-13(11)20/h4-6,10,14-15H,7-9H2,1-3H3/t14-,15+,16-,17+/m0/s1. The Bertz CT molecular complexity index is 560. The Labute approximate surface area is 134 Å². The summed E-state index contributed by atoms with van der Waals surface area (Å²) in [4.78, 5) is 0. The molecular weight excluding hydrogens is 310 g/mol. The first-order valence-electron chi connectivity index (χ1n) is 7.67. The van der Waals surface area contributed by atoms with Crippen LogP contribution in [-0.2, 0) is 16.1 Å². The van der Waals surface area contributed by atoms with Gasteiger partial charge >= 0.3 is 0 Å². The summed E-state index contributed by atoms with van der Waals surface area (Å²) in [5.41, 5.74) is -0.928. The maximum Gasteiger partial charge on any atom is 0.131 e. The number of alkyl halides is 1. The first kappa shape index (κ1) is 16.2. The second-order valence-electron chi connectivity index (χ2n) is 6.90. The van der Waals surface area contributed by atoms with E-state index in [1.165, 1.54) is 18.2 Å². The van der Waals surface area contributed by atoms with E-state index in [0.717, 1.165) is 0 Å². The lowest BCUT2D eigenvalue weighted by molar-refractivity contribution is -0.0962. The minimum absolute atomic E-state index is 0.0325. The van der Waals surface area contributed by atoms with Crippen molar-refractivity contribution in [1.82, 2.24) is 0 Å². The third kappa shape index (κ3) is 2.36. The largest absolute Gasteiger partial charge is 0.370 e. The van der Waals surface area contributed by atoms with Crippen LogP contribution in [0.3, 0.4) is 0 Å². The van der Waals surface area contributed by atoms with E-state index in [4.69, 9.17) is 21.1 Å². The van der Waals surface area contributed by atoms with Crippen LogP contribution in [0.15, 0.2) is 18.2 Å². The molecule has 2 heterocycles. The van der Waals surface area contributed by atoms with E-state index in [0.29, 0.717) is 12.8 Å². The lowest BCUT2D eigenvalue weighted by Gasteiger charge is -2.35. The van der Waals surface area contributed by atoms with E-state index in [1.807, 2.05) is 6.92 Å². The molecule has 0 unspecified atom stereocenters. The van der Waals surface area contributed by atoms with Gasteiger partial charge in [-0.25, -0.2) is 8.78 Å². The summed E-state index contributed by atoms with van der Waals surface area (Å²) < 4.78 is 39.5. The van der Waals surface area contributed by atoms with E-state index in [-0.39, 0.29) is 29.6 Å². The van der Waals surface area contributed by atoms with E-state index in [2.05, 4.69) is 13.8 Å². The molecule has 1 aromatic rings. The molecule has 0 radical (unpaired) electrons. The van der Waals surface area contributed by atoms with Gasteiger partial charge in [0.15, 0.2) is 0 Å². The van der Waals surface area contributed by atoms with Gasteiger partial charge in [-0.2, -0.15) is 0 Å². The maximum absolute atomic E-state index is 13.7. The Balaban J connectivity index is 1.75. The number of halogens is 3. The van der Waals surface area contributed by atoms with E-state index >= 15 is 0 Å². The smallest absolute Gasteiger partial charge is 0.131 e. The highest BCUT2D eigenvalue weighted by atomic mass is 35.5. The Kier molecular flexibility index (Phi) is 3.99. The molecule has 0 N–H and O–H groups in total. The number of benzene rings is 1. The fraction of sp³-hybridized carbons (Fsp3) is 0.647. The van der Waals surface area contributed by atoms with Crippen LogP contribution in [0.2, 0.25) is 0 Å². The first-order valence-corrected chi connectivity index (χ1v) is 8.11. The quantitative estimate of drug-likeness (QED) is 0.760. The van der Waals surface area contributed by atoms with Gasteiger partial charge < -0.3 is 9.47 Å². The number of hydrogen-bond acceptors (Lipinski definition) is 2. The highest BCUT2D eigenvalue weighted by Crippen LogP contribution is 2.57. The van der Waals surface area contributed by atoms with Gasteiger partial charge in [0.2, 0.25) is 0 Å². The molecule has 0 amide bonds. The molecule has 22 heavy (non-hydrogen) atoms. The molecule has 2 fully saturated rings. The predicted molar refractivity (Wildman–Crippen MR) is 80.9 cm³/mol. The van der Waals surface area contributed by atoms with Crippen molar-refractivity contribution in [3.8, 4) is 0 Å². The molecule has 1 aromatic carbocycles. The van der Waals surface area contributed by atoms with Gasteiger partial charge in [-0.1, -0.05) is 19.9 Å². The minimum Gasteiger partial charge on any atom is -0.370 e. The van der Waals surface area contributed by atoms with Gasteiger partial charge in [0, 0.05) is 12.0 Å². The Hall–Kier alpha value is -0.710. The molecule has 0 aromatic heterocycles. The van der Waals surface area contributed by atoms with Crippen LogP contribution >= 0.6 is 11.6 Å². The lowest BCUT2D eigenvalue weighted by atomic mass is 9.75. The Morgan fingerprint density at radius 3 is 2.50 bits per heavy atom. The zero-order valence-corrected chi connectivity index (χ0v) is 13.8. The topological polar surface area (TPSA) is 18.5 Å². The summed E-state index contributed by atoms with van der Waals surface area (Å²) in [6, 6.07) is 3.83. The number of rotatable bonds is 4.